The van der Waals surface area contributed by atoms with Gasteiger partial charge in [0.15, 0.2) is 0 Å². The summed E-state index contributed by atoms with van der Waals surface area (Å²) in [7, 11) is 0. The Balaban J connectivity index is 1.49. The van der Waals surface area contributed by atoms with Crippen molar-refractivity contribution in [3.63, 3.8) is 0 Å². The monoisotopic (exact) mass is 612 g/mol. The standard InChI is InChI=1S/C33H29ClN4O4S/c1-2-29(33(42)36-24-17-15-21(16-18-24)30(35)39)43-26-13-8-12-25(20-26)37-32(41)28(19-23-11-6-7-14-27(23)34)38-31(40)22-9-4-3-5-10-22/h3-20,29H,2H2,1H3,(H2,35,39)(H,36,42)(H,37,41)(H,38,40)/b28-19+. The van der Waals surface area contributed by atoms with Crippen molar-refractivity contribution >= 4 is 64.4 Å². The molecule has 8 nitrogen and oxygen atoms in total. The fourth-order valence-electron chi connectivity index (χ4n) is 3.96. The largest absolute Gasteiger partial charge is 0.366 e. The third-order valence-corrected chi connectivity index (χ3v) is 7.91. The number of thioether (sulfide) groups is 1. The average molecular weight is 613 g/mol. The first-order valence-electron chi connectivity index (χ1n) is 13.3. The molecule has 1 unspecified atom stereocenters. The Morgan fingerprint density at radius 1 is 0.814 bits per heavy atom. The number of hydrogen-bond acceptors (Lipinski definition) is 5. The minimum absolute atomic E-state index is 0.00757. The fourth-order valence-corrected chi connectivity index (χ4v) is 5.17. The quantitative estimate of drug-likeness (QED) is 0.116. The van der Waals surface area contributed by atoms with Gasteiger partial charge in [-0.05, 0) is 78.7 Å². The van der Waals surface area contributed by atoms with Crippen LogP contribution in [0.5, 0.6) is 0 Å². The van der Waals surface area contributed by atoms with Gasteiger partial charge < -0.3 is 21.7 Å². The summed E-state index contributed by atoms with van der Waals surface area (Å²) in [6.45, 7) is 1.90. The summed E-state index contributed by atoms with van der Waals surface area (Å²) in [4.78, 5) is 51.4. The number of rotatable bonds is 11. The van der Waals surface area contributed by atoms with Crippen LogP contribution in [0.25, 0.3) is 6.08 Å². The lowest BCUT2D eigenvalue weighted by molar-refractivity contribution is -0.116. The average Bonchev–Trinajstić information content (AvgIpc) is 3.01. The second-order valence-corrected chi connectivity index (χ2v) is 11.0. The number of amides is 4. The molecule has 0 aliphatic heterocycles. The first-order chi connectivity index (χ1) is 20.7. The van der Waals surface area contributed by atoms with E-state index in [1.54, 1.807) is 97.1 Å². The summed E-state index contributed by atoms with van der Waals surface area (Å²) in [5, 5.41) is 8.39. The molecule has 0 saturated carbocycles. The minimum atomic E-state index is -0.546. The Hall–Kier alpha value is -4.86. The first-order valence-corrected chi connectivity index (χ1v) is 14.6. The van der Waals surface area contributed by atoms with Gasteiger partial charge in [-0.25, -0.2) is 0 Å². The van der Waals surface area contributed by atoms with E-state index < -0.39 is 23.0 Å². The highest BCUT2D eigenvalue weighted by atomic mass is 35.5. The predicted molar refractivity (Wildman–Crippen MR) is 172 cm³/mol. The summed E-state index contributed by atoms with van der Waals surface area (Å²) >= 11 is 7.67. The van der Waals surface area contributed by atoms with Crippen molar-refractivity contribution in [2.75, 3.05) is 10.6 Å². The zero-order valence-corrected chi connectivity index (χ0v) is 24.7. The molecule has 0 radical (unpaired) electrons. The smallest absolute Gasteiger partial charge is 0.272 e. The van der Waals surface area contributed by atoms with Crippen molar-refractivity contribution in [2.24, 2.45) is 5.73 Å². The van der Waals surface area contributed by atoms with E-state index in [0.717, 1.165) is 4.90 Å². The third-order valence-electron chi connectivity index (χ3n) is 6.20. The number of carbonyl (C=O) groups excluding carboxylic acids is 4. The van der Waals surface area contributed by atoms with Crippen molar-refractivity contribution in [1.29, 1.82) is 0 Å². The first kappa shape index (κ1) is 31.1. The highest BCUT2D eigenvalue weighted by Crippen LogP contribution is 2.29. The molecule has 1 atom stereocenters. The van der Waals surface area contributed by atoms with Gasteiger partial charge >= 0.3 is 0 Å². The van der Waals surface area contributed by atoms with Crippen LogP contribution in [-0.2, 0) is 9.59 Å². The number of nitrogens with two attached hydrogens (primary N) is 1. The lowest BCUT2D eigenvalue weighted by Gasteiger charge is -2.16. The maximum absolute atomic E-state index is 13.4. The molecule has 4 amide bonds. The molecule has 0 saturated heterocycles. The molecule has 43 heavy (non-hydrogen) atoms. The van der Waals surface area contributed by atoms with E-state index in [9.17, 15) is 19.2 Å². The summed E-state index contributed by atoms with van der Waals surface area (Å²) in [6.07, 6.45) is 2.06. The third kappa shape index (κ3) is 8.81. The van der Waals surface area contributed by atoms with Gasteiger partial charge in [0.2, 0.25) is 11.8 Å². The van der Waals surface area contributed by atoms with Gasteiger partial charge in [-0.2, -0.15) is 0 Å². The molecule has 5 N–H and O–H groups in total. The van der Waals surface area contributed by atoms with Crippen LogP contribution in [-0.4, -0.2) is 28.9 Å². The van der Waals surface area contributed by atoms with Gasteiger partial charge in [-0.1, -0.05) is 61.0 Å². The van der Waals surface area contributed by atoms with Crippen LogP contribution in [0.4, 0.5) is 11.4 Å². The van der Waals surface area contributed by atoms with E-state index in [-0.39, 0.29) is 11.6 Å². The van der Waals surface area contributed by atoms with Crippen LogP contribution in [0.1, 0.15) is 39.6 Å². The molecule has 4 aromatic carbocycles. The zero-order chi connectivity index (χ0) is 30.8. The molecular formula is C33H29ClN4O4S. The van der Waals surface area contributed by atoms with E-state index in [0.29, 0.717) is 39.5 Å². The van der Waals surface area contributed by atoms with Gasteiger partial charge in [-0.3, -0.25) is 19.2 Å². The highest BCUT2D eigenvalue weighted by Gasteiger charge is 2.20. The predicted octanol–water partition coefficient (Wildman–Crippen LogP) is 6.36. The molecular weight excluding hydrogens is 584 g/mol. The van der Waals surface area contributed by atoms with Crippen LogP contribution in [0.2, 0.25) is 5.02 Å². The Bertz CT molecular complexity index is 1660. The highest BCUT2D eigenvalue weighted by molar-refractivity contribution is 8.00. The normalized spacial score (nSPS) is 11.7. The lowest BCUT2D eigenvalue weighted by atomic mass is 10.1. The Morgan fingerprint density at radius 2 is 1.51 bits per heavy atom. The van der Waals surface area contributed by atoms with Crippen LogP contribution in [0.15, 0.2) is 114 Å². The molecule has 10 heteroatoms. The number of benzene rings is 4. The molecule has 0 spiro atoms. The molecule has 218 valence electrons. The fraction of sp³-hybridized carbons (Fsp3) is 0.0909. The lowest BCUT2D eigenvalue weighted by Crippen LogP contribution is -2.30. The number of anilines is 2. The summed E-state index contributed by atoms with van der Waals surface area (Å²) in [6, 6.07) is 29.0. The van der Waals surface area contributed by atoms with Gasteiger partial charge in [0, 0.05) is 32.4 Å². The van der Waals surface area contributed by atoms with Crippen LogP contribution in [0, 0.1) is 0 Å². The van der Waals surface area contributed by atoms with Crippen molar-refractivity contribution in [3.05, 3.63) is 131 Å². The SMILES string of the molecule is CCC(Sc1cccc(NC(=O)/C(=C\c2ccccc2Cl)NC(=O)c2ccccc2)c1)C(=O)Nc1ccc(C(N)=O)cc1. The molecule has 0 aliphatic carbocycles. The summed E-state index contributed by atoms with van der Waals surface area (Å²) < 4.78 is 0. The molecule has 0 heterocycles. The number of halogens is 1. The van der Waals surface area contributed by atoms with E-state index in [1.807, 2.05) is 13.0 Å². The van der Waals surface area contributed by atoms with Gasteiger partial charge in [0.05, 0.1) is 5.25 Å². The van der Waals surface area contributed by atoms with Crippen molar-refractivity contribution in [3.8, 4) is 0 Å². The summed E-state index contributed by atoms with van der Waals surface area (Å²) in [5.74, 6) is -1.74. The minimum Gasteiger partial charge on any atom is -0.366 e. The Labute approximate surface area is 258 Å². The molecule has 4 rings (SSSR count). The number of primary amides is 1. The van der Waals surface area contributed by atoms with Gasteiger partial charge in [-0.15, -0.1) is 11.8 Å². The summed E-state index contributed by atoms with van der Waals surface area (Å²) in [5.41, 5.74) is 7.62. The van der Waals surface area contributed by atoms with Gasteiger partial charge in [0.25, 0.3) is 11.8 Å². The van der Waals surface area contributed by atoms with Crippen LogP contribution in [0.3, 0.4) is 0 Å². The van der Waals surface area contributed by atoms with E-state index in [1.165, 1.54) is 17.8 Å². The maximum Gasteiger partial charge on any atom is 0.272 e. The Kier molecular flexibility index (Phi) is 10.7. The van der Waals surface area contributed by atoms with Gasteiger partial charge in [0.1, 0.15) is 5.70 Å². The van der Waals surface area contributed by atoms with E-state index in [4.69, 9.17) is 17.3 Å². The Morgan fingerprint density at radius 3 is 2.19 bits per heavy atom. The molecule has 4 aromatic rings. The molecule has 0 fully saturated rings. The molecule has 0 aromatic heterocycles. The van der Waals surface area contributed by atoms with Crippen molar-refractivity contribution in [1.82, 2.24) is 5.32 Å². The maximum atomic E-state index is 13.4. The molecule has 0 aliphatic rings. The van der Waals surface area contributed by atoms with Crippen molar-refractivity contribution in [2.45, 2.75) is 23.5 Å². The number of carbonyl (C=O) groups is 4. The van der Waals surface area contributed by atoms with Crippen LogP contribution >= 0.6 is 23.4 Å². The second-order valence-electron chi connectivity index (χ2n) is 9.33. The van der Waals surface area contributed by atoms with E-state index in [2.05, 4.69) is 16.0 Å². The van der Waals surface area contributed by atoms with E-state index >= 15 is 0 Å². The number of nitrogens with one attached hydrogen (secondary N) is 3. The van der Waals surface area contributed by atoms with Crippen LogP contribution < -0.4 is 21.7 Å². The van der Waals surface area contributed by atoms with Crippen molar-refractivity contribution < 1.29 is 19.2 Å². The molecule has 0 bridgehead atoms. The second kappa shape index (κ2) is 14.9. The topological polar surface area (TPSA) is 130 Å². The number of hydrogen-bond donors (Lipinski definition) is 4. The zero-order valence-electron chi connectivity index (χ0n) is 23.2.